The lowest BCUT2D eigenvalue weighted by Gasteiger charge is -2.43. The summed E-state index contributed by atoms with van der Waals surface area (Å²) in [5.41, 5.74) is 2.06. The molecule has 0 spiro atoms. The molecular weight excluding hydrogens is 308 g/mol. The third kappa shape index (κ3) is 3.80. The minimum absolute atomic E-state index is 0.0540. The van der Waals surface area contributed by atoms with Crippen molar-refractivity contribution in [3.8, 4) is 0 Å². The van der Waals surface area contributed by atoms with Gasteiger partial charge in [-0.3, -0.25) is 4.79 Å². The van der Waals surface area contributed by atoms with Crippen molar-refractivity contribution in [1.29, 1.82) is 0 Å². The lowest BCUT2D eigenvalue weighted by Crippen LogP contribution is -2.57. The lowest BCUT2D eigenvalue weighted by atomic mass is 9.76. The molecule has 0 radical (unpaired) electrons. The van der Waals surface area contributed by atoms with Gasteiger partial charge in [-0.2, -0.15) is 0 Å². The molecule has 1 aliphatic rings. The van der Waals surface area contributed by atoms with Crippen molar-refractivity contribution in [2.24, 2.45) is 0 Å². The summed E-state index contributed by atoms with van der Waals surface area (Å²) in [6.07, 6.45) is 3.18. The van der Waals surface area contributed by atoms with E-state index in [9.17, 15) is 9.90 Å². The Morgan fingerprint density at radius 3 is 2.71 bits per heavy atom. The van der Waals surface area contributed by atoms with Crippen LogP contribution in [0.3, 0.4) is 0 Å². The monoisotopic (exact) mass is 330 g/mol. The largest absolute Gasteiger partial charge is 0.396 e. The summed E-state index contributed by atoms with van der Waals surface area (Å²) in [5.74, 6) is -0.123. The smallest absolute Gasteiger partial charge is 0.251 e. The molecule has 1 amide bonds. The van der Waals surface area contributed by atoms with E-state index in [2.05, 4.69) is 15.6 Å². The van der Waals surface area contributed by atoms with Crippen LogP contribution in [0.2, 0.25) is 0 Å². The molecule has 0 saturated heterocycles. The molecular formula is C17H22N4O3. The van der Waals surface area contributed by atoms with Gasteiger partial charge >= 0.3 is 0 Å². The number of rotatable bonds is 6. The molecule has 1 aliphatic carbocycles. The maximum atomic E-state index is 12.3. The molecule has 7 heteroatoms. The van der Waals surface area contributed by atoms with Crippen LogP contribution in [0.5, 0.6) is 0 Å². The number of aromatic nitrogens is 3. The first kappa shape index (κ1) is 16.6. The molecule has 1 aromatic heterocycles. The quantitative estimate of drug-likeness (QED) is 0.716. The number of carbonyl (C=O) groups is 1. The SMILES string of the molecule is CC1(NC(=O)c2ccc(Cn3cc(CCO)nn3)cc2)CC(O)C1. The van der Waals surface area contributed by atoms with Crippen LogP contribution in [0.15, 0.2) is 30.5 Å². The van der Waals surface area contributed by atoms with Crippen LogP contribution < -0.4 is 5.32 Å². The fourth-order valence-corrected chi connectivity index (χ4v) is 3.02. The molecule has 1 fully saturated rings. The zero-order valence-electron chi connectivity index (χ0n) is 13.6. The molecule has 7 nitrogen and oxygen atoms in total. The van der Waals surface area contributed by atoms with Gasteiger partial charge in [-0.25, -0.2) is 4.68 Å². The Balaban J connectivity index is 1.59. The maximum absolute atomic E-state index is 12.3. The van der Waals surface area contributed by atoms with Gasteiger partial charge in [0.05, 0.1) is 18.3 Å². The number of amides is 1. The number of carbonyl (C=O) groups excluding carboxylic acids is 1. The summed E-state index contributed by atoms with van der Waals surface area (Å²) in [6.45, 7) is 2.56. The molecule has 3 N–H and O–H groups in total. The summed E-state index contributed by atoms with van der Waals surface area (Å²) in [4.78, 5) is 12.3. The van der Waals surface area contributed by atoms with Gasteiger partial charge in [-0.1, -0.05) is 17.3 Å². The third-order valence-electron chi connectivity index (χ3n) is 4.30. The number of benzene rings is 1. The number of hydrogen-bond donors (Lipinski definition) is 3. The molecule has 0 unspecified atom stereocenters. The molecule has 3 rings (SSSR count). The number of hydrogen-bond acceptors (Lipinski definition) is 5. The second-order valence-corrected chi connectivity index (χ2v) is 6.65. The first-order valence-corrected chi connectivity index (χ1v) is 8.07. The van der Waals surface area contributed by atoms with E-state index in [-0.39, 0.29) is 24.2 Å². The van der Waals surface area contributed by atoms with Gasteiger partial charge in [0.1, 0.15) is 0 Å². The number of aliphatic hydroxyl groups excluding tert-OH is 2. The van der Waals surface area contributed by atoms with Gasteiger partial charge in [-0.15, -0.1) is 5.10 Å². The molecule has 0 bridgehead atoms. The van der Waals surface area contributed by atoms with Crippen LogP contribution in [0.4, 0.5) is 0 Å². The van der Waals surface area contributed by atoms with Crippen molar-refractivity contribution in [2.75, 3.05) is 6.61 Å². The van der Waals surface area contributed by atoms with E-state index in [0.29, 0.717) is 31.4 Å². The third-order valence-corrected chi connectivity index (χ3v) is 4.30. The van der Waals surface area contributed by atoms with Gasteiger partial charge < -0.3 is 15.5 Å². The highest BCUT2D eigenvalue weighted by Crippen LogP contribution is 2.31. The second kappa shape index (κ2) is 6.70. The fourth-order valence-electron chi connectivity index (χ4n) is 3.02. The minimum Gasteiger partial charge on any atom is -0.396 e. The Morgan fingerprint density at radius 1 is 1.38 bits per heavy atom. The Labute approximate surface area is 140 Å². The summed E-state index contributed by atoms with van der Waals surface area (Å²) in [5, 5.41) is 29.3. The minimum atomic E-state index is -0.309. The molecule has 128 valence electrons. The van der Waals surface area contributed by atoms with Crippen LogP contribution in [0, 0.1) is 0 Å². The van der Waals surface area contributed by atoms with Gasteiger partial charge in [-0.05, 0) is 37.5 Å². The van der Waals surface area contributed by atoms with E-state index < -0.39 is 0 Å². The standard InChI is InChI=1S/C17H22N4O3/c1-17(8-15(23)9-17)18-16(24)13-4-2-12(3-5-13)10-21-11-14(6-7-22)19-20-21/h2-5,11,15,22-23H,6-10H2,1H3,(H,18,24). The van der Waals surface area contributed by atoms with Gasteiger partial charge in [0.15, 0.2) is 0 Å². The average molecular weight is 330 g/mol. The average Bonchev–Trinajstić information content (AvgIpc) is 2.94. The molecule has 1 saturated carbocycles. The van der Waals surface area contributed by atoms with E-state index in [1.165, 1.54) is 0 Å². The number of aliphatic hydroxyl groups is 2. The van der Waals surface area contributed by atoms with E-state index in [1.54, 1.807) is 23.0 Å². The van der Waals surface area contributed by atoms with Crippen molar-refractivity contribution in [3.05, 3.63) is 47.3 Å². The van der Waals surface area contributed by atoms with E-state index >= 15 is 0 Å². The highest BCUT2D eigenvalue weighted by atomic mass is 16.3. The first-order valence-electron chi connectivity index (χ1n) is 8.07. The summed E-state index contributed by atoms with van der Waals surface area (Å²) in [6, 6.07) is 7.35. The van der Waals surface area contributed by atoms with E-state index in [1.807, 2.05) is 19.1 Å². The highest BCUT2D eigenvalue weighted by molar-refractivity contribution is 5.94. The molecule has 24 heavy (non-hydrogen) atoms. The van der Waals surface area contributed by atoms with E-state index in [4.69, 9.17) is 5.11 Å². The van der Waals surface area contributed by atoms with E-state index in [0.717, 1.165) is 11.3 Å². The molecule has 0 atom stereocenters. The Hall–Kier alpha value is -2.25. The fraction of sp³-hybridized carbons (Fsp3) is 0.471. The lowest BCUT2D eigenvalue weighted by molar-refractivity contribution is 0.0128. The summed E-state index contributed by atoms with van der Waals surface area (Å²) in [7, 11) is 0. The van der Waals surface area contributed by atoms with Crippen LogP contribution in [0.1, 0.15) is 41.4 Å². The van der Waals surface area contributed by atoms with Crippen molar-refractivity contribution in [2.45, 2.75) is 44.4 Å². The Morgan fingerprint density at radius 2 is 2.08 bits per heavy atom. The zero-order valence-corrected chi connectivity index (χ0v) is 13.6. The predicted octanol–water partition coefficient (Wildman–Crippen LogP) is 0.504. The number of nitrogens with one attached hydrogen (secondary N) is 1. The molecule has 1 aromatic carbocycles. The maximum Gasteiger partial charge on any atom is 0.251 e. The van der Waals surface area contributed by atoms with Crippen LogP contribution in [-0.4, -0.2) is 49.4 Å². The van der Waals surface area contributed by atoms with Crippen molar-refractivity contribution in [1.82, 2.24) is 20.3 Å². The highest BCUT2D eigenvalue weighted by Gasteiger charge is 2.40. The van der Waals surface area contributed by atoms with Gasteiger partial charge in [0.2, 0.25) is 0 Å². The first-order chi connectivity index (χ1) is 11.5. The number of nitrogens with zero attached hydrogens (tertiary/aromatic N) is 3. The van der Waals surface area contributed by atoms with Crippen molar-refractivity contribution >= 4 is 5.91 Å². The summed E-state index contributed by atoms with van der Waals surface area (Å²) < 4.78 is 1.71. The van der Waals surface area contributed by atoms with Crippen LogP contribution in [0.25, 0.3) is 0 Å². The van der Waals surface area contributed by atoms with Crippen LogP contribution in [-0.2, 0) is 13.0 Å². The normalized spacial score (nSPS) is 22.9. The molecule has 2 aromatic rings. The predicted molar refractivity (Wildman–Crippen MR) is 87.5 cm³/mol. The molecule has 0 aliphatic heterocycles. The topological polar surface area (TPSA) is 100 Å². The Bertz CT molecular complexity index is 705. The zero-order chi connectivity index (χ0) is 17.2. The van der Waals surface area contributed by atoms with Crippen molar-refractivity contribution < 1.29 is 15.0 Å². The second-order valence-electron chi connectivity index (χ2n) is 6.65. The molecule has 1 heterocycles. The van der Waals surface area contributed by atoms with Gasteiger partial charge in [0, 0.05) is 30.3 Å². The Kier molecular flexibility index (Phi) is 4.64. The summed E-state index contributed by atoms with van der Waals surface area (Å²) >= 11 is 0. The van der Waals surface area contributed by atoms with Crippen LogP contribution >= 0.6 is 0 Å². The van der Waals surface area contributed by atoms with Crippen molar-refractivity contribution in [3.63, 3.8) is 0 Å². The van der Waals surface area contributed by atoms with Gasteiger partial charge in [0.25, 0.3) is 5.91 Å².